The number of benzene rings is 1. The second-order valence-corrected chi connectivity index (χ2v) is 6.01. The largest absolute Gasteiger partial charge is 0.382 e. The predicted octanol–water partition coefficient (Wildman–Crippen LogP) is 3.63. The molecule has 1 fully saturated rings. The number of nitrogens with one attached hydrogen (secondary N) is 1. The molecule has 1 N–H and O–H groups in total. The topological polar surface area (TPSA) is 39.1 Å². The van der Waals surface area contributed by atoms with Crippen LogP contribution in [0.5, 0.6) is 0 Å². The number of rotatable bonds is 4. The molecule has 3 rings (SSSR count). The van der Waals surface area contributed by atoms with Crippen LogP contribution in [0, 0.1) is 0 Å². The van der Waals surface area contributed by atoms with Crippen LogP contribution in [-0.2, 0) is 4.74 Å². The molecular formula is C17H23N3O. The molecule has 0 aliphatic carbocycles. The zero-order valence-corrected chi connectivity index (χ0v) is 12.7. The van der Waals surface area contributed by atoms with Gasteiger partial charge in [0.2, 0.25) is 0 Å². The molecule has 0 saturated carbocycles. The van der Waals surface area contributed by atoms with Crippen molar-refractivity contribution in [2.24, 2.45) is 0 Å². The highest BCUT2D eigenvalue weighted by Gasteiger charge is 2.31. The van der Waals surface area contributed by atoms with Crippen molar-refractivity contribution in [1.82, 2.24) is 9.55 Å². The Kier molecular flexibility index (Phi) is 3.97. The normalized spacial score (nSPS) is 25.7. The van der Waals surface area contributed by atoms with Gasteiger partial charge in [0.05, 0.1) is 11.9 Å². The maximum absolute atomic E-state index is 5.91. The molecule has 0 spiro atoms. The summed E-state index contributed by atoms with van der Waals surface area (Å²) < 4.78 is 7.93. The van der Waals surface area contributed by atoms with Gasteiger partial charge < -0.3 is 14.6 Å². The fraction of sp³-hybridized carbons (Fsp3) is 0.471. The maximum atomic E-state index is 5.91. The molecule has 0 amide bonds. The van der Waals surface area contributed by atoms with Gasteiger partial charge in [-0.2, -0.15) is 0 Å². The predicted molar refractivity (Wildman–Crippen MR) is 84.9 cm³/mol. The monoisotopic (exact) mass is 285 g/mol. The Balaban J connectivity index is 1.72. The van der Waals surface area contributed by atoms with Crippen LogP contribution in [-0.4, -0.2) is 27.8 Å². The molecule has 2 unspecified atom stereocenters. The first-order valence-corrected chi connectivity index (χ1v) is 7.67. The number of aromatic nitrogens is 2. The van der Waals surface area contributed by atoms with E-state index in [2.05, 4.69) is 48.4 Å². The highest BCUT2D eigenvalue weighted by atomic mass is 16.5. The third-order valence-electron chi connectivity index (χ3n) is 4.36. The Morgan fingerprint density at radius 2 is 2.38 bits per heavy atom. The summed E-state index contributed by atoms with van der Waals surface area (Å²) in [6.07, 6.45) is 8.75. The number of hydrogen-bond acceptors (Lipinski definition) is 3. The first kappa shape index (κ1) is 14.1. The second kappa shape index (κ2) is 5.90. The SMILES string of the molecule is CCC1(C)CC(Nc2cccc(-n3ccnc3)c2)CCO1. The van der Waals surface area contributed by atoms with Gasteiger partial charge in [-0.1, -0.05) is 13.0 Å². The van der Waals surface area contributed by atoms with Crippen LogP contribution in [0.3, 0.4) is 0 Å². The van der Waals surface area contributed by atoms with Crippen molar-refractivity contribution < 1.29 is 4.74 Å². The second-order valence-electron chi connectivity index (χ2n) is 6.01. The first-order valence-electron chi connectivity index (χ1n) is 7.67. The molecule has 0 radical (unpaired) electrons. The summed E-state index contributed by atoms with van der Waals surface area (Å²) in [5.41, 5.74) is 2.30. The Morgan fingerprint density at radius 3 is 3.14 bits per heavy atom. The molecule has 112 valence electrons. The van der Waals surface area contributed by atoms with Crippen molar-refractivity contribution in [3.8, 4) is 5.69 Å². The number of nitrogens with zero attached hydrogens (tertiary/aromatic N) is 2. The highest BCUT2D eigenvalue weighted by Crippen LogP contribution is 2.29. The Bertz CT molecular complexity index is 581. The lowest BCUT2D eigenvalue weighted by atomic mass is 9.90. The van der Waals surface area contributed by atoms with Gasteiger partial charge in [0.1, 0.15) is 0 Å². The molecule has 0 bridgehead atoms. The van der Waals surface area contributed by atoms with E-state index >= 15 is 0 Å². The molecule has 21 heavy (non-hydrogen) atoms. The van der Waals surface area contributed by atoms with Crippen molar-refractivity contribution in [3.63, 3.8) is 0 Å². The van der Waals surface area contributed by atoms with Crippen LogP contribution >= 0.6 is 0 Å². The molecule has 1 saturated heterocycles. The summed E-state index contributed by atoms with van der Waals surface area (Å²) in [6, 6.07) is 8.93. The Labute approximate surface area is 126 Å². The van der Waals surface area contributed by atoms with Gasteiger partial charge in [-0.25, -0.2) is 4.98 Å². The maximum Gasteiger partial charge on any atom is 0.0991 e. The zero-order valence-electron chi connectivity index (χ0n) is 12.7. The van der Waals surface area contributed by atoms with Crippen molar-refractivity contribution in [3.05, 3.63) is 43.0 Å². The quantitative estimate of drug-likeness (QED) is 0.932. The molecule has 4 heteroatoms. The lowest BCUT2D eigenvalue weighted by Gasteiger charge is -2.38. The first-order chi connectivity index (χ1) is 10.2. The van der Waals surface area contributed by atoms with E-state index in [1.807, 2.05) is 17.1 Å². The van der Waals surface area contributed by atoms with E-state index in [9.17, 15) is 0 Å². The van der Waals surface area contributed by atoms with Crippen LogP contribution < -0.4 is 5.32 Å². The van der Waals surface area contributed by atoms with Gasteiger partial charge in [-0.05, 0) is 44.4 Å². The van der Waals surface area contributed by atoms with Crippen LogP contribution in [0.2, 0.25) is 0 Å². The van der Waals surface area contributed by atoms with Crippen LogP contribution in [0.1, 0.15) is 33.1 Å². The number of anilines is 1. The molecule has 1 aromatic heterocycles. The summed E-state index contributed by atoms with van der Waals surface area (Å²) in [5, 5.41) is 3.66. The van der Waals surface area contributed by atoms with E-state index < -0.39 is 0 Å². The molecule has 2 aromatic rings. The van der Waals surface area contributed by atoms with E-state index in [4.69, 9.17) is 4.74 Å². The molecule has 4 nitrogen and oxygen atoms in total. The minimum absolute atomic E-state index is 0.0118. The van der Waals surface area contributed by atoms with E-state index in [1.165, 1.54) is 0 Å². The smallest absolute Gasteiger partial charge is 0.0991 e. The van der Waals surface area contributed by atoms with Crippen molar-refractivity contribution >= 4 is 5.69 Å². The Morgan fingerprint density at radius 1 is 1.48 bits per heavy atom. The summed E-state index contributed by atoms with van der Waals surface area (Å²) >= 11 is 0. The Hall–Kier alpha value is -1.81. The van der Waals surface area contributed by atoms with Gasteiger partial charge in [-0.3, -0.25) is 0 Å². The molecule has 2 atom stereocenters. The van der Waals surface area contributed by atoms with Gasteiger partial charge in [0, 0.05) is 36.4 Å². The molecule has 1 aliphatic heterocycles. The lowest BCUT2D eigenvalue weighted by molar-refractivity contribution is -0.0708. The summed E-state index contributed by atoms with van der Waals surface area (Å²) in [6.45, 7) is 5.24. The van der Waals surface area contributed by atoms with E-state index in [0.717, 1.165) is 37.2 Å². The standard InChI is InChI=1S/C17H23N3O/c1-3-17(2)12-15(7-10-21-17)19-14-5-4-6-16(11-14)20-9-8-18-13-20/h4-6,8-9,11,13,15,19H,3,7,10,12H2,1-2H3. The van der Waals surface area contributed by atoms with Gasteiger partial charge in [0.15, 0.2) is 0 Å². The van der Waals surface area contributed by atoms with Gasteiger partial charge >= 0.3 is 0 Å². The van der Waals surface area contributed by atoms with Crippen molar-refractivity contribution in [1.29, 1.82) is 0 Å². The average Bonchev–Trinajstić information content (AvgIpc) is 3.02. The summed E-state index contributed by atoms with van der Waals surface area (Å²) in [7, 11) is 0. The van der Waals surface area contributed by atoms with E-state index in [1.54, 1.807) is 6.20 Å². The third kappa shape index (κ3) is 3.27. The minimum atomic E-state index is 0.0118. The average molecular weight is 285 g/mol. The van der Waals surface area contributed by atoms with Crippen molar-refractivity contribution in [2.45, 2.75) is 44.8 Å². The zero-order chi connectivity index (χ0) is 14.7. The number of ether oxygens (including phenoxy) is 1. The lowest BCUT2D eigenvalue weighted by Crippen LogP contribution is -2.41. The van der Waals surface area contributed by atoms with Gasteiger partial charge in [0.25, 0.3) is 0 Å². The number of hydrogen-bond donors (Lipinski definition) is 1. The molecule has 1 aromatic carbocycles. The van der Waals surface area contributed by atoms with Crippen LogP contribution in [0.4, 0.5) is 5.69 Å². The summed E-state index contributed by atoms with van der Waals surface area (Å²) in [5.74, 6) is 0. The van der Waals surface area contributed by atoms with Crippen LogP contribution in [0.25, 0.3) is 5.69 Å². The third-order valence-corrected chi connectivity index (χ3v) is 4.36. The highest BCUT2D eigenvalue weighted by molar-refractivity contribution is 5.51. The number of imidazole rings is 1. The minimum Gasteiger partial charge on any atom is -0.382 e. The molecule has 1 aliphatic rings. The van der Waals surface area contributed by atoms with Gasteiger partial charge in [-0.15, -0.1) is 0 Å². The van der Waals surface area contributed by atoms with Crippen molar-refractivity contribution in [2.75, 3.05) is 11.9 Å². The fourth-order valence-corrected chi connectivity index (χ4v) is 2.90. The fourth-order valence-electron chi connectivity index (χ4n) is 2.90. The molecular weight excluding hydrogens is 262 g/mol. The van der Waals surface area contributed by atoms with E-state index in [-0.39, 0.29) is 5.60 Å². The summed E-state index contributed by atoms with van der Waals surface area (Å²) in [4.78, 5) is 4.10. The molecule has 2 heterocycles. The van der Waals surface area contributed by atoms with E-state index in [0.29, 0.717) is 6.04 Å². The van der Waals surface area contributed by atoms with Crippen LogP contribution in [0.15, 0.2) is 43.0 Å².